The molecule has 2 rings (SSSR count). The van der Waals surface area contributed by atoms with Gasteiger partial charge in [0.1, 0.15) is 0 Å². The largest absolute Gasteiger partial charge is 0.481 e. The van der Waals surface area contributed by atoms with Crippen molar-refractivity contribution in [1.29, 1.82) is 0 Å². The third-order valence-electron chi connectivity index (χ3n) is 6.15. The van der Waals surface area contributed by atoms with Gasteiger partial charge in [0.05, 0.1) is 5.92 Å². The third kappa shape index (κ3) is 9.33. The zero-order valence-electron chi connectivity index (χ0n) is 16.8. The first kappa shape index (κ1) is 22.8. The molecule has 0 aromatic carbocycles. The molecule has 2 unspecified atom stereocenters. The molecule has 2 atom stereocenters. The summed E-state index contributed by atoms with van der Waals surface area (Å²) in [7, 11) is 0. The number of thioether (sulfide) groups is 1. The fourth-order valence-electron chi connectivity index (χ4n) is 4.20. The molecule has 0 aromatic heterocycles. The van der Waals surface area contributed by atoms with Crippen LogP contribution in [0.25, 0.3) is 0 Å². The van der Waals surface area contributed by atoms with Crippen molar-refractivity contribution in [3.63, 3.8) is 0 Å². The molecule has 0 radical (unpaired) electrons. The van der Waals surface area contributed by atoms with E-state index in [2.05, 4.69) is 26.1 Å². The summed E-state index contributed by atoms with van der Waals surface area (Å²) in [5.74, 6) is 3.85. The van der Waals surface area contributed by atoms with Crippen LogP contribution in [-0.4, -0.2) is 35.7 Å². The molecule has 0 bridgehead atoms. The molecule has 0 amide bonds. The van der Waals surface area contributed by atoms with Gasteiger partial charge in [0, 0.05) is 0 Å². The first-order chi connectivity index (χ1) is 12.1. The maximum atomic E-state index is 11.2. The van der Waals surface area contributed by atoms with Crippen LogP contribution >= 0.6 is 11.8 Å². The van der Waals surface area contributed by atoms with Gasteiger partial charge >= 0.3 is 5.97 Å². The molecule has 3 nitrogen and oxygen atoms in total. The predicted molar refractivity (Wildman–Crippen MR) is 110 cm³/mol. The molecule has 1 saturated heterocycles. The number of hydrogen-bond acceptors (Lipinski definition) is 3. The van der Waals surface area contributed by atoms with Crippen LogP contribution in [0.15, 0.2) is 0 Å². The first-order valence-electron chi connectivity index (χ1n) is 10.6. The van der Waals surface area contributed by atoms with Crippen LogP contribution in [0.5, 0.6) is 0 Å². The molecule has 2 fully saturated rings. The van der Waals surface area contributed by atoms with Gasteiger partial charge in [-0.2, -0.15) is 11.8 Å². The van der Waals surface area contributed by atoms with Crippen LogP contribution in [0.2, 0.25) is 0 Å². The fourth-order valence-corrected chi connectivity index (χ4v) is 4.91. The van der Waals surface area contributed by atoms with Gasteiger partial charge in [-0.25, -0.2) is 0 Å². The number of hydrogen-bond donors (Lipinski definition) is 2. The Kier molecular flexibility index (Phi) is 12.7. The highest BCUT2D eigenvalue weighted by atomic mass is 32.2. The zero-order valence-corrected chi connectivity index (χ0v) is 17.6. The van der Waals surface area contributed by atoms with E-state index in [4.69, 9.17) is 0 Å². The molecule has 4 heteroatoms. The van der Waals surface area contributed by atoms with E-state index in [9.17, 15) is 9.90 Å². The van der Waals surface area contributed by atoms with E-state index < -0.39 is 5.97 Å². The van der Waals surface area contributed by atoms with Crippen molar-refractivity contribution in [3.05, 3.63) is 0 Å². The Bertz CT molecular complexity index is 339. The maximum absolute atomic E-state index is 11.2. The summed E-state index contributed by atoms with van der Waals surface area (Å²) < 4.78 is 0. The second kappa shape index (κ2) is 13.9. The van der Waals surface area contributed by atoms with Crippen LogP contribution in [0.3, 0.4) is 0 Å². The second-order valence-electron chi connectivity index (χ2n) is 7.80. The summed E-state index contributed by atoms with van der Waals surface area (Å²) in [5.41, 5.74) is 0. The van der Waals surface area contributed by atoms with Gasteiger partial charge in [-0.1, -0.05) is 46.5 Å². The molecule has 0 aromatic rings. The van der Waals surface area contributed by atoms with Gasteiger partial charge in [-0.15, -0.1) is 0 Å². The highest BCUT2D eigenvalue weighted by Gasteiger charge is 2.28. The first-order valence-corrected chi connectivity index (χ1v) is 11.8. The van der Waals surface area contributed by atoms with Crippen molar-refractivity contribution < 1.29 is 9.90 Å². The van der Waals surface area contributed by atoms with Crippen molar-refractivity contribution in [2.75, 3.05) is 24.6 Å². The number of carboxylic acid groups (broad SMARTS) is 1. The van der Waals surface area contributed by atoms with Crippen molar-refractivity contribution in [3.8, 4) is 0 Å². The Labute approximate surface area is 160 Å². The Morgan fingerprint density at radius 2 is 1.72 bits per heavy atom. The van der Waals surface area contributed by atoms with Crippen LogP contribution in [0.1, 0.15) is 78.6 Å². The zero-order chi connectivity index (χ0) is 18.5. The third-order valence-corrected chi connectivity index (χ3v) is 7.08. The number of nitrogens with one attached hydrogen (secondary N) is 1. The average Bonchev–Trinajstić information content (AvgIpc) is 2.66. The molecule has 1 aliphatic carbocycles. The molecule has 148 valence electrons. The summed E-state index contributed by atoms with van der Waals surface area (Å²) >= 11 is 1.85. The average molecular weight is 372 g/mol. The number of carboxylic acids is 1. The van der Waals surface area contributed by atoms with Crippen LogP contribution < -0.4 is 5.32 Å². The minimum Gasteiger partial charge on any atom is -0.481 e. The summed E-state index contributed by atoms with van der Waals surface area (Å²) in [6, 6.07) is 0. The SMILES string of the molecule is CCC(C)C1CCNCC1.CCSCCC(C(=O)O)C1CCCCC1. The Morgan fingerprint density at radius 1 is 1.08 bits per heavy atom. The van der Waals surface area contributed by atoms with Crippen molar-refractivity contribution >= 4 is 17.7 Å². The topological polar surface area (TPSA) is 49.3 Å². The van der Waals surface area contributed by atoms with E-state index >= 15 is 0 Å². The smallest absolute Gasteiger partial charge is 0.306 e. The lowest BCUT2D eigenvalue weighted by Crippen LogP contribution is -2.30. The van der Waals surface area contributed by atoms with Crippen molar-refractivity contribution in [2.45, 2.75) is 78.6 Å². The van der Waals surface area contributed by atoms with E-state index in [1.54, 1.807) is 0 Å². The minimum absolute atomic E-state index is 0.0793. The Balaban J connectivity index is 0.000000271. The van der Waals surface area contributed by atoms with Gasteiger partial charge in [-0.3, -0.25) is 4.79 Å². The van der Waals surface area contributed by atoms with E-state index in [0.717, 1.165) is 42.6 Å². The lowest BCUT2D eigenvalue weighted by molar-refractivity contribution is -0.144. The standard InChI is InChI=1S/C12H22O2S.C9H19N/c1-2-15-9-8-11(12(13)14)10-6-4-3-5-7-10;1-3-8(2)9-4-6-10-7-5-9/h10-11H,2-9H2,1H3,(H,13,14);8-10H,3-7H2,1-2H3. The maximum Gasteiger partial charge on any atom is 0.306 e. The van der Waals surface area contributed by atoms with E-state index in [1.807, 2.05) is 11.8 Å². The molecule has 25 heavy (non-hydrogen) atoms. The Hall–Kier alpha value is -0.220. The van der Waals surface area contributed by atoms with E-state index in [0.29, 0.717) is 5.92 Å². The van der Waals surface area contributed by atoms with Gasteiger partial charge in [0.2, 0.25) is 0 Å². The quantitative estimate of drug-likeness (QED) is 0.558. The monoisotopic (exact) mass is 371 g/mol. The van der Waals surface area contributed by atoms with Crippen molar-refractivity contribution in [1.82, 2.24) is 5.32 Å². The van der Waals surface area contributed by atoms with Crippen LogP contribution in [-0.2, 0) is 4.79 Å². The summed E-state index contributed by atoms with van der Waals surface area (Å²) in [5, 5.41) is 12.6. The highest BCUT2D eigenvalue weighted by molar-refractivity contribution is 7.99. The lowest BCUT2D eigenvalue weighted by atomic mass is 9.79. The molecule has 1 heterocycles. The molecule has 0 spiro atoms. The van der Waals surface area contributed by atoms with Gasteiger partial charge in [-0.05, 0) is 74.5 Å². The highest BCUT2D eigenvalue weighted by Crippen LogP contribution is 2.32. The summed E-state index contributed by atoms with van der Waals surface area (Å²) in [6.45, 7) is 9.30. The summed E-state index contributed by atoms with van der Waals surface area (Å²) in [6.07, 6.45) is 11.0. The van der Waals surface area contributed by atoms with Gasteiger partial charge in [0.25, 0.3) is 0 Å². The number of rotatable bonds is 8. The number of aliphatic carboxylic acids is 1. The number of piperidine rings is 1. The van der Waals surface area contributed by atoms with E-state index in [1.165, 1.54) is 51.6 Å². The van der Waals surface area contributed by atoms with Gasteiger partial charge in [0.15, 0.2) is 0 Å². The molecule has 2 N–H and O–H groups in total. The van der Waals surface area contributed by atoms with Crippen molar-refractivity contribution in [2.24, 2.45) is 23.7 Å². The molecule has 2 aliphatic rings. The van der Waals surface area contributed by atoms with Crippen LogP contribution in [0, 0.1) is 23.7 Å². The second-order valence-corrected chi connectivity index (χ2v) is 9.20. The normalized spacial score (nSPS) is 21.9. The van der Waals surface area contributed by atoms with E-state index in [-0.39, 0.29) is 5.92 Å². The molecular formula is C21H41NO2S. The molecule has 1 saturated carbocycles. The van der Waals surface area contributed by atoms with Crippen LogP contribution in [0.4, 0.5) is 0 Å². The predicted octanol–water partition coefficient (Wildman–Crippen LogP) is 5.44. The Morgan fingerprint density at radius 3 is 2.24 bits per heavy atom. The molecule has 1 aliphatic heterocycles. The lowest BCUT2D eigenvalue weighted by Gasteiger charge is -2.27. The molecular weight excluding hydrogens is 330 g/mol. The van der Waals surface area contributed by atoms with Gasteiger partial charge < -0.3 is 10.4 Å². The number of carbonyl (C=O) groups is 1. The minimum atomic E-state index is -0.571. The fraction of sp³-hybridized carbons (Fsp3) is 0.952. The summed E-state index contributed by atoms with van der Waals surface area (Å²) in [4.78, 5) is 11.2.